The zero-order chi connectivity index (χ0) is 22.1. The molecule has 1 atom stereocenters. The van der Waals surface area contributed by atoms with Crippen LogP contribution in [0.25, 0.3) is 0 Å². The summed E-state index contributed by atoms with van der Waals surface area (Å²) >= 11 is 3.46. The summed E-state index contributed by atoms with van der Waals surface area (Å²) in [5.74, 6) is -0.566. The predicted molar refractivity (Wildman–Crippen MR) is 119 cm³/mol. The molecule has 7 heteroatoms. The summed E-state index contributed by atoms with van der Waals surface area (Å²) in [6.45, 7) is 5.86. The molecule has 1 N–H and O–H groups in total. The molecular weight excluding hydrogens is 451 g/mol. The van der Waals surface area contributed by atoms with E-state index >= 15 is 0 Å². The van der Waals surface area contributed by atoms with Gasteiger partial charge in [0.2, 0.25) is 5.91 Å². The number of halogens is 2. The second-order valence-corrected chi connectivity index (χ2v) is 7.84. The molecule has 0 spiro atoms. The number of ether oxygens (including phenoxy) is 1. The fourth-order valence-corrected chi connectivity index (χ4v) is 3.43. The summed E-state index contributed by atoms with van der Waals surface area (Å²) in [5.41, 5.74) is 1.48. The van der Waals surface area contributed by atoms with Crippen molar-refractivity contribution in [3.63, 3.8) is 0 Å². The van der Waals surface area contributed by atoms with Crippen molar-refractivity contribution in [2.45, 2.75) is 46.2 Å². The molecule has 162 valence electrons. The minimum absolute atomic E-state index is 0.0223. The summed E-state index contributed by atoms with van der Waals surface area (Å²) in [5, 5.41) is 2.79. The Bertz CT molecular complexity index is 875. The highest BCUT2D eigenvalue weighted by Crippen LogP contribution is 2.26. The Labute approximate surface area is 185 Å². The Hall–Kier alpha value is -2.41. The number of aryl methyl sites for hydroxylation is 1. The smallest absolute Gasteiger partial charge is 0.261 e. The molecule has 0 bridgehead atoms. The van der Waals surface area contributed by atoms with Crippen LogP contribution in [0, 0.1) is 5.82 Å². The zero-order valence-corrected chi connectivity index (χ0v) is 19.2. The first kappa shape index (κ1) is 23.9. The molecule has 0 aliphatic heterocycles. The van der Waals surface area contributed by atoms with Crippen molar-refractivity contribution in [1.29, 1.82) is 0 Å². The molecule has 30 heavy (non-hydrogen) atoms. The van der Waals surface area contributed by atoms with Crippen LogP contribution in [0.4, 0.5) is 4.39 Å². The van der Waals surface area contributed by atoms with Gasteiger partial charge in [-0.05, 0) is 59.5 Å². The van der Waals surface area contributed by atoms with Gasteiger partial charge in [0.15, 0.2) is 6.61 Å². The molecule has 2 aromatic rings. The topological polar surface area (TPSA) is 58.6 Å². The maximum Gasteiger partial charge on any atom is 0.261 e. The van der Waals surface area contributed by atoms with Gasteiger partial charge >= 0.3 is 0 Å². The number of rotatable bonds is 10. The van der Waals surface area contributed by atoms with Gasteiger partial charge in [-0.15, -0.1) is 0 Å². The number of hydrogen-bond acceptors (Lipinski definition) is 3. The van der Waals surface area contributed by atoms with E-state index in [0.29, 0.717) is 17.9 Å². The van der Waals surface area contributed by atoms with Gasteiger partial charge in [-0.25, -0.2) is 4.39 Å². The van der Waals surface area contributed by atoms with Crippen LogP contribution in [0.15, 0.2) is 46.9 Å². The number of hydrogen-bond donors (Lipinski definition) is 1. The summed E-state index contributed by atoms with van der Waals surface area (Å²) in [6.07, 6.45) is 1.67. The normalized spacial score (nSPS) is 11.6. The van der Waals surface area contributed by atoms with Crippen molar-refractivity contribution in [1.82, 2.24) is 10.2 Å². The number of nitrogens with one attached hydrogen (secondary N) is 1. The lowest BCUT2D eigenvalue weighted by molar-refractivity contribution is -0.142. The molecular formula is C23H28BrFN2O3. The van der Waals surface area contributed by atoms with E-state index in [-0.39, 0.29) is 19.1 Å². The van der Waals surface area contributed by atoms with Gasteiger partial charge in [0.25, 0.3) is 5.91 Å². The first-order valence-electron chi connectivity index (χ1n) is 10.1. The molecule has 2 rings (SSSR count). The van der Waals surface area contributed by atoms with Crippen LogP contribution in [0.5, 0.6) is 5.75 Å². The van der Waals surface area contributed by atoms with Crippen LogP contribution in [0.3, 0.4) is 0 Å². The molecule has 0 aromatic heterocycles. The summed E-state index contributed by atoms with van der Waals surface area (Å²) < 4.78 is 20.6. The SMILES string of the molecule is CCCNC(=O)[C@H](C)N(Cc1ccccc1F)C(=O)COc1ccc(CC)cc1Br. The molecule has 0 fully saturated rings. The fraction of sp³-hybridized carbons (Fsp3) is 0.391. The van der Waals surface area contributed by atoms with E-state index in [4.69, 9.17) is 4.74 Å². The third-order valence-electron chi connectivity index (χ3n) is 4.77. The van der Waals surface area contributed by atoms with Crippen molar-refractivity contribution >= 4 is 27.7 Å². The Morgan fingerprint density at radius 3 is 2.57 bits per heavy atom. The standard InChI is InChI=1S/C23H28BrFN2O3/c1-4-12-26-23(29)16(3)27(14-18-8-6-7-9-20(18)25)22(28)15-30-21-11-10-17(5-2)13-19(21)24/h6-11,13,16H,4-5,12,14-15H2,1-3H3,(H,26,29)/t16-/m0/s1. The Morgan fingerprint density at radius 2 is 1.93 bits per heavy atom. The van der Waals surface area contributed by atoms with Crippen LogP contribution in [0.2, 0.25) is 0 Å². The van der Waals surface area contributed by atoms with E-state index in [0.717, 1.165) is 22.9 Å². The molecule has 0 heterocycles. The quantitative estimate of drug-likeness (QED) is 0.547. The molecule has 0 aliphatic carbocycles. The molecule has 0 unspecified atom stereocenters. The van der Waals surface area contributed by atoms with E-state index in [1.807, 2.05) is 19.1 Å². The minimum Gasteiger partial charge on any atom is -0.483 e. The van der Waals surface area contributed by atoms with Crippen LogP contribution < -0.4 is 10.1 Å². The third kappa shape index (κ3) is 6.55. The van der Waals surface area contributed by atoms with Gasteiger partial charge in [0.05, 0.1) is 4.47 Å². The van der Waals surface area contributed by atoms with Crippen molar-refractivity contribution in [2.24, 2.45) is 0 Å². The largest absolute Gasteiger partial charge is 0.483 e. The highest BCUT2D eigenvalue weighted by Gasteiger charge is 2.27. The van der Waals surface area contributed by atoms with Gasteiger partial charge in [0.1, 0.15) is 17.6 Å². The van der Waals surface area contributed by atoms with Gasteiger partial charge in [0, 0.05) is 18.7 Å². The van der Waals surface area contributed by atoms with E-state index in [1.54, 1.807) is 31.2 Å². The van der Waals surface area contributed by atoms with E-state index in [1.165, 1.54) is 11.0 Å². The maximum absolute atomic E-state index is 14.2. The van der Waals surface area contributed by atoms with Crippen molar-refractivity contribution in [3.8, 4) is 5.75 Å². The molecule has 0 aliphatic rings. The van der Waals surface area contributed by atoms with Gasteiger partial charge in [-0.2, -0.15) is 0 Å². The Morgan fingerprint density at radius 1 is 1.20 bits per heavy atom. The highest BCUT2D eigenvalue weighted by atomic mass is 79.9. The fourth-order valence-electron chi connectivity index (χ4n) is 2.89. The Balaban J connectivity index is 2.16. The number of nitrogens with zero attached hydrogens (tertiary/aromatic N) is 1. The average Bonchev–Trinajstić information content (AvgIpc) is 2.75. The number of amides is 2. The molecule has 2 aromatic carbocycles. The lowest BCUT2D eigenvalue weighted by atomic mass is 10.1. The van der Waals surface area contributed by atoms with Crippen LogP contribution in [0.1, 0.15) is 38.3 Å². The lowest BCUT2D eigenvalue weighted by Gasteiger charge is -2.29. The van der Waals surface area contributed by atoms with Crippen LogP contribution in [-0.4, -0.2) is 35.9 Å². The lowest BCUT2D eigenvalue weighted by Crippen LogP contribution is -2.49. The molecule has 2 amide bonds. The van der Waals surface area contributed by atoms with Crippen molar-refractivity contribution in [2.75, 3.05) is 13.2 Å². The van der Waals surface area contributed by atoms with Gasteiger partial charge in [-0.1, -0.05) is 38.1 Å². The summed E-state index contributed by atoms with van der Waals surface area (Å²) in [7, 11) is 0. The van der Waals surface area contributed by atoms with Crippen LogP contribution in [-0.2, 0) is 22.6 Å². The average molecular weight is 479 g/mol. The highest BCUT2D eigenvalue weighted by molar-refractivity contribution is 9.10. The first-order valence-corrected chi connectivity index (χ1v) is 10.9. The predicted octanol–water partition coefficient (Wildman–Crippen LogP) is 4.47. The summed E-state index contributed by atoms with van der Waals surface area (Å²) in [6, 6.07) is 11.1. The zero-order valence-electron chi connectivity index (χ0n) is 17.6. The van der Waals surface area contributed by atoms with Gasteiger partial charge < -0.3 is 15.0 Å². The van der Waals surface area contributed by atoms with Gasteiger partial charge in [-0.3, -0.25) is 9.59 Å². The van der Waals surface area contributed by atoms with Crippen molar-refractivity contribution in [3.05, 3.63) is 63.9 Å². The van der Waals surface area contributed by atoms with E-state index < -0.39 is 17.8 Å². The number of carbonyl (C=O) groups is 2. The van der Waals surface area contributed by atoms with Crippen molar-refractivity contribution < 1.29 is 18.7 Å². The second kappa shape index (κ2) is 11.7. The number of benzene rings is 2. The summed E-state index contributed by atoms with van der Waals surface area (Å²) in [4.78, 5) is 26.8. The molecule has 0 saturated heterocycles. The second-order valence-electron chi connectivity index (χ2n) is 6.99. The third-order valence-corrected chi connectivity index (χ3v) is 5.39. The van der Waals surface area contributed by atoms with E-state index in [9.17, 15) is 14.0 Å². The Kier molecular flexibility index (Phi) is 9.30. The monoisotopic (exact) mass is 478 g/mol. The van der Waals surface area contributed by atoms with Crippen LogP contribution >= 0.6 is 15.9 Å². The minimum atomic E-state index is -0.766. The molecule has 5 nitrogen and oxygen atoms in total. The maximum atomic E-state index is 14.2. The number of carbonyl (C=O) groups excluding carboxylic acids is 2. The first-order chi connectivity index (χ1) is 14.4. The molecule has 0 saturated carbocycles. The molecule has 0 radical (unpaired) electrons. The van der Waals surface area contributed by atoms with E-state index in [2.05, 4.69) is 28.2 Å².